The normalized spacial score (nSPS) is 18.8. The van der Waals surface area contributed by atoms with Gasteiger partial charge in [0, 0.05) is 58.6 Å². The average Bonchev–Trinajstić information content (AvgIpc) is 3.09. The summed E-state index contributed by atoms with van der Waals surface area (Å²) in [7, 11) is 0. The number of nitrogens with zero attached hydrogens (tertiary/aromatic N) is 4. The van der Waals surface area contributed by atoms with Crippen molar-refractivity contribution >= 4 is 52.3 Å². The van der Waals surface area contributed by atoms with E-state index in [0.717, 1.165) is 33.6 Å². The van der Waals surface area contributed by atoms with E-state index in [-0.39, 0.29) is 23.2 Å². The lowest BCUT2D eigenvalue weighted by atomic mass is 9.65. The molecule has 2 aliphatic heterocycles. The molecule has 0 aliphatic carbocycles. The molecule has 4 aromatic carbocycles. The Balaban J connectivity index is 1.37. The first-order valence-electron chi connectivity index (χ1n) is 17.0. The number of rotatable bonds is 7. The number of amides is 2. The molecule has 0 saturated carbocycles. The monoisotopic (exact) mass is 696 g/mol. The summed E-state index contributed by atoms with van der Waals surface area (Å²) in [6, 6.07) is 26.3. The Morgan fingerprint density at radius 2 is 1.21 bits per heavy atom. The van der Waals surface area contributed by atoms with Crippen molar-refractivity contribution in [3.05, 3.63) is 157 Å². The number of carbonyl (C=O) groups is 2. The molecule has 0 bridgehead atoms. The molecule has 10 nitrogen and oxygen atoms in total. The molecule has 1 unspecified atom stereocenters. The molecule has 1 atom stereocenters. The highest BCUT2D eigenvalue weighted by Crippen LogP contribution is 2.52. The first-order chi connectivity index (χ1) is 24.5. The lowest BCUT2D eigenvalue weighted by molar-refractivity contribution is -0.385. The molecule has 0 aromatic heterocycles. The van der Waals surface area contributed by atoms with Gasteiger partial charge in [-0.15, -0.1) is 0 Å². The maximum Gasteiger partial charge on any atom is 0.269 e. The fourth-order valence-electron chi connectivity index (χ4n) is 7.85. The van der Waals surface area contributed by atoms with Crippen LogP contribution in [0.25, 0.3) is 17.7 Å². The molecular formula is C42H40N4O6. The number of allylic oxidation sites excluding steroid dienone is 1. The minimum absolute atomic E-state index is 0.0167. The number of anilines is 2. The summed E-state index contributed by atoms with van der Waals surface area (Å²) in [4.78, 5) is 52.9. The highest BCUT2D eigenvalue weighted by atomic mass is 16.6. The fraction of sp³-hybridized carbons (Fsp3) is 0.238. The summed E-state index contributed by atoms with van der Waals surface area (Å²) >= 11 is 0. The zero-order chi connectivity index (χ0) is 37.6. The molecule has 0 saturated heterocycles. The van der Waals surface area contributed by atoms with Crippen molar-refractivity contribution in [2.45, 2.75) is 64.5 Å². The minimum atomic E-state index is -0.656. The van der Waals surface area contributed by atoms with Crippen molar-refractivity contribution in [2.75, 3.05) is 9.80 Å². The number of para-hydroxylation sites is 1. The number of nitro groups is 2. The summed E-state index contributed by atoms with van der Waals surface area (Å²) in [6.07, 6.45) is 9.01. The third-order valence-electron chi connectivity index (χ3n) is 10.1. The third kappa shape index (κ3) is 6.55. The lowest BCUT2D eigenvalue weighted by Crippen LogP contribution is -2.55. The van der Waals surface area contributed by atoms with Crippen LogP contribution in [0, 0.1) is 20.2 Å². The molecule has 2 heterocycles. The van der Waals surface area contributed by atoms with Crippen LogP contribution >= 0.6 is 0 Å². The first kappa shape index (κ1) is 35.7. The molecule has 264 valence electrons. The van der Waals surface area contributed by atoms with Crippen molar-refractivity contribution in [1.82, 2.24) is 0 Å². The van der Waals surface area contributed by atoms with Crippen molar-refractivity contribution < 1.29 is 19.4 Å². The Labute approximate surface area is 302 Å². The zero-order valence-corrected chi connectivity index (χ0v) is 30.0. The summed E-state index contributed by atoms with van der Waals surface area (Å²) in [5.41, 5.74) is 5.02. The standard InChI is InChI=1S/C42H40N4O6/c1-28-26-40(2,3)44(39(48)24-16-30-13-20-33(21-14-30)46(51)52)37-25-31(17-22-34(28)37)42(6)27-41(4,5)43(36-10-8-7-9-35(36)42)38(47)23-15-29-11-18-32(19-12-29)45(49)50/h7-26H,27H2,1-6H3/b23-15+,24-16+. The molecule has 0 radical (unpaired) electrons. The van der Waals surface area contributed by atoms with Gasteiger partial charge in [0.2, 0.25) is 0 Å². The first-order valence-corrected chi connectivity index (χ1v) is 17.0. The van der Waals surface area contributed by atoms with Crippen LogP contribution in [-0.2, 0) is 15.0 Å². The van der Waals surface area contributed by atoms with E-state index in [4.69, 9.17) is 0 Å². The van der Waals surface area contributed by atoms with Crippen LogP contribution in [0.4, 0.5) is 22.7 Å². The molecule has 52 heavy (non-hydrogen) atoms. The van der Waals surface area contributed by atoms with E-state index >= 15 is 0 Å². The molecule has 10 heteroatoms. The van der Waals surface area contributed by atoms with Gasteiger partial charge in [0.15, 0.2) is 0 Å². The number of benzene rings is 4. The Hall–Kier alpha value is -6.16. The summed E-state index contributed by atoms with van der Waals surface area (Å²) < 4.78 is 0. The van der Waals surface area contributed by atoms with E-state index in [1.807, 2.05) is 57.7 Å². The summed E-state index contributed by atoms with van der Waals surface area (Å²) in [6.45, 7) is 12.3. The second kappa shape index (κ2) is 13.2. The topological polar surface area (TPSA) is 127 Å². The van der Waals surface area contributed by atoms with Gasteiger partial charge in [-0.2, -0.15) is 0 Å². The summed E-state index contributed by atoms with van der Waals surface area (Å²) in [5.74, 6) is -0.431. The molecule has 2 amide bonds. The van der Waals surface area contributed by atoms with Gasteiger partial charge in [0.1, 0.15) is 0 Å². The largest absolute Gasteiger partial charge is 0.303 e. The Bertz CT molecular complexity index is 2200. The van der Waals surface area contributed by atoms with Gasteiger partial charge in [0.25, 0.3) is 23.2 Å². The van der Waals surface area contributed by atoms with Crippen LogP contribution in [-0.4, -0.2) is 32.7 Å². The van der Waals surface area contributed by atoms with Crippen molar-refractivity contribution in [2.24, 2.45) is 0 Å². The molecular weight excluding hydrogens is 656 g/mol. The lowest BCUT2D eigenvalue weighted by Gasteiger charge is -2.51. The second-order valence-corrected chi connectivity index (χ2v) is 14.8. The van der Waals surface area contributed by atoms with E-state index in [2.05, 4.69) is 37.3 Å². The number of non-ortho nitro benzene ring substituents is 2. The smallest absolute Gasteiger partial charge is 0.269 e. The van der Waals surface area contributed by atoms with E-state index in [1.165, 1.54) is 36.4 Å². The number of hydrogen-bond donors (Lipinski definition) is 0. The molecule has 0 N–H and O–H groups in total. The van der Waals surface area contributed by atoms with Gasteiger partial charge < -0.3 is 4.90 Å². The van der Waals surface area contributed by atoms with Crippen LogP contribution in [0.2, 0.25) is 0 Å². The predicted octanol–water partition coefficient (Wildman–Crippen LogP) is 9.28. The second-order valence-electron chi connectivity index (χ2n) is 14.8. The van der Waals surface area contributed by atoms with Crippen LogP contribution in [0.3, 0.4) is 0 Å². The van der Waals surface area contributed by atoms with E-state index in [0.29, 0.717) is 17.5 Å². The van der Waals surface area contributed by atoms with Crippen molar-refractivity contribution in [3.63, 3.8) is 0 Å². The Morgan fingerprint density at radius 1 is 0.692 bits per heavy atom. The van der Waals surface area contributed by atoms with Gasteiger partial charge in [-0.3, -0.25) is 34.7 Å². The Morgan fingerprint density at radius 3 is 1.75 bits per heavy atom. The average molecular weight is 697 g/mol. The van der Waals surface area contributed by atoms with Gasteiger partial charge in [-0.05, 0) is 117 Å². The fourth-order valence-corrected chi connectivity index (χ4v) is 7.85. The Kier molecular flexibility index (Phi) is 9.04. The van der Waals surface area contributed by atoms with Gasteiger partial charge in [-0.25, -0.2) is 0 Å². The third-order valence-corrected chi connectivity index (χ3v) is 10.1. The van der Waals surface area contributed by atoms with Gasteiger partial charge >= 0.3 is 0 Å². The minimum Gasteiger partial charge on any atom is -0.303 e. The van der Waals surface area contributed by atoms with Crippen LogP contribution in [0.15, 0.2) is 109 Å². The molecule has 0 spiro atoms. The van der Waals surface area contributed by atoms with Crippen LogP contribution < -0.4 is 9.80 Å². The van der Waals surface area contributed by atoms with Crippen molar-refractivity contribution in [1.29, 1.82) is 0 Å². The summed E-state index contributed by atoms with van der Waals surface area (Å²) in [5, 5.41) is 22.2. The number of carbonyl (C=O) groups excluding carboxylic acids is 2. The van der Waals surface area contributed by atoms with Crippen LogP contribution in [0.5, 0.6) is 0 Å². The molecule has 2 aliphatic rings. The van der Waals surface area contributed by atoms with Crippen molar-refractivity contribution in [3.8, 4) is 0 Å². The SMILES string of the molecule is CC1=CC(C)(C)N(C(=O)/C=C/c2ccc([N+](=O)[O-])cc2)c2cc(C3(C)CC(C)(C)N(C(=O)/C=C/c4ccc([N+](=O)[O-])cc4)c4ccccc43)ccc21. The number of fused-ring (bicyclic) bond motifs is 2. The number of nitro benzene ring substituents is 2. The van der Waals surface area contributed by atoms with Crippen LogP contribution in [0.1, 0.15) is 75.8 Å². The quantitative estimate of drug-likeness (QED) is 0.108. The van der Waals surface area contributed by atoms with E-state index < -0.39 is 26.3 Å². The van der Waals surface area contributed by atoms with Gasteiger partial charge in [-0.1, -0.05) is 43.3 Å². The maximum absolute atomic E-state index is 14.1. The van der Waals surface area contributed by atoms with E-state index in [9.17, 15) is 29.8 Å². The molecule has 6 rings (SSSR count). The molecule has 0 fully saturated rings. The predicted molar refractivity (Wildman–Crippen MR) is 205 cm³/mol. The zero-order valence-electron chi connectivity index (χ0n) is 30.0. The number of hydrogen-bond acceptors (Lipinski definition) is 6. The molecule has 4 aromatic rings. The highest BCUT2D eigenvalue weighted by Gasteiger charge is 2.48. The maximum atomic E-state index is 14.1. The van der Waals surface area contributed by atoms with Gasteiger partial charge in [0.05, 0.1) is 21.1 Å². The van der Waals surface area contributed by atoms with E-state index in [1.54, 1.807) is 41.3 Å². The highest BCUT2D eigenvalue weighted by molar-refractivity contribution is 6.08.